The quantitative estimate of drug-likeness (QED) is 0.596. The molecule has 3 aromatic rings. The number of hydrogen-bond acceptors (Lipinski definition) is 2. The number of anilines is 1. The van der Waals surface area contributed by atoms with Gasteiger partial charge in [0.25, 0.3) is 5.91 Å². The zero-order chi connectivity index (χ0) is 18.8. The number of amides is 1. The van der Waals surface area contributed by atoms with Crippen molar-refractivity contribution >= 4 is 46.5 Å². The van der Waals surface area contributed by atoms with Gasteiger partial charge < -0.3 is 5.32 Å². The Balaban J connectivity index is 1.81. The summed E-state index contributed by atoms with van der Waals surface area (Å²) in [6.07, 6.45) is 1.62. The van der Waals surface area contributed by atoms with Crippen LogP contribution in [-0.2, 0) is 6.54 Å². The van der Waals surface area contributed by atoms with Crippen molar-refractivity contribution in [2.45, 2.75) is 20.4 Å². The third kappa shape index (κ3) is 4.04. The Kier molecular flexibility index (Phi) is 5.56. The number of halogens is 3. The number of aromatic nitrogens is 2. The first-order valence-corrected chi connectivity index (χ1v) is 9.03. The van der Waals surface area contributed by atoms with Crippen molar-refractivity contribution in [1.82, 2.24) is 9.78 Å². The molecule has 0 spiro atoms. The molecule has 134 valence electrons. The van der Waals surface area contributed by atoms with Crippen LogP contribution in [0.2, 0.25) is 15.1 Å². The molecule has 0 atom stereocenters. The molecule has 0 bridgehead atoms. The SMILES string of the molecule is Cc1ccc(C(=O)Nc2nn(Cc3c(Cl)cccc3Cl)cc2Cl)c(C)c1. The Morgan fingerprint density at radius 2 is 1.77 bits per heavy atom. The molecule has 1 aromatic heterocycles. The van der Waals surface area contributed by atoms with E-state index in [1.54, 1.807) is 35.1 Å². The minimum atomic E-state index is -0.259. The lowest BCUT2D eigenvalue weighted by atomic mass is 10.1. The van der Waals surface area contributed by atoms with Crippen LogP contribution in [0, 0.1) is 13.8 Å². The maximum atomic E-state index is 12.5. The molecule has 0 unspecified atom stereocenters. The zero-order valence-corrected chi connectivity index (χ0v) is 16.5. The van der Waals surface area contributed by atoms with Gasteiger partial charge in [0.15, 0.2) is 5.82 Å². The van der Waals surface area contributed by atoms with Gasteiger partial charge in [0, 0.05) is 27.4 Å². The molecule has 0 saturated heterocycles. The van der Waals surface area contributed by atoms with Crippen LogP contribution in [0.3, 0.4) is 0 Å². The largest absolute Gasteiger partial charge is 0.304 e. The third-order valence-electron chi connectivity index (χ3n) is 3.96. The van der Waals surface area contributed by atoms with Gasteiger partial charge in [0.2, 0.25) is 0 Å². The first kappa shape index (κ1) is 18.8. The Labute approximate surface area is 166 Å². The number of nitrogens with zero attached hydrogens (tertiary/aromatic N) is 2. The van der Waals surface area contributed by atoms with Gasteiger partial charge in [-0.15, -0.1) is 0 Å². The molecule has 0 aliphatic rings. The van der Waals surface area contributed by atoms with Crippen molar-refractivity contribution in [2.75, 3.05) is 5.32 Å². The number of carbonyl (C=O) groups excluding carboxylic acids is 1. The monoisotopic (exact) mass is 407 g/mol. The fraction of sp³-hybridized carbons (Fsp3) is 0.158. The molecule has 1 amide bonds. The predicted octanol–water partition coefficient (Wildman–Crippen LogP) is 5.76. The summed E-state index contributed by atoms with van der Waals surface area (Å²) in [7, 11) is 0. The number of nitrogens with one attached hydrogen (secondary N) is 1. The number of hydrogen-bond donors (Lipinski definition) is 1. The lowest BCUT2D eigenvalue weighted by Crippen LogP contribution is -2.14. The summed E-state index contributed by atoms with van der Waals surface area (Å²) >= 11 is 18.6. The van der Waals surface area contributed by atoms with Crippen LogP contribution in [0.25, 0.3) is 0 Å². The summed E-state index contributed by atoms with van der Waals surface area (Å²) in [5.41, 5.74) is 3.30. The van der Waals surface area contributed by atoms with Gasteiger partial charge in [-0.1, -0.05) is 58.6 Å². The van der Waals surface area contributed by atoms with Gasteiger partial charge in [0.05, 0.1) is 6.54 Å². The van der Waals surface area contributed by atoms with E-state index in [1.807, 2.05) is 26.0 Å². The van der Waals surface area contributed by atoms with Crippen LogP contribution in [0.15, 0.2) is 42.6 Å². The Hall–Kier alpha value is -2.01. The van der Waals surface area contributed by atoms with E-state index >= 15 is 0 Å². The molecule has 0 radical (unpaired) electrons. The molecule has 26 heavy (non-hydrogen) atoms. The summed E-state index contributed by atoms with van der Waals surface area (Å²) in [5, 5.41) is 8.52. The van der Waals surface area contributed by atoms with Crippen molar-refractivity contribution in [1.29, 1.82) is 0 Å². The highest BCUT2D eigenvalue weighted by molar-refractivity contribution is 6.36. The molecule has 0 aliphatic carbocycles. The standard InChI is InChI=1S/C19H16Cl3N3O/c1-11-6-7-13(12(2)8-11)19(26)23-18-17(22)10-25(24-18)9-14-15(20)4-3-5-16(14)21/h3-8,10H,9H2,1-2H3,(H,23,24,26). The summed E-state index contributed by atoms with van der Waals surface area (Å²) < 4.78 is 1.59. The van der Waals surface area contributed by atoms with Gasteiger partial charge in [-0.25, -0.2) is 0 Å². The predicted molar refractivity (Wildman–Crippen MR) is 107 cm³/mol. The van der Waals surface area contributed by atoms with Gasteiger partial charge in [-0.05, 0) is 37.6 Å². The molecular formula is C19H16Cl3N3O. The van der Waals surface area contributed by atoms with Crippen molar-refractivity contribution < 1.29 is 4.79 Å². The van der Waals surface area contributed by atoms with E-state index in [2.05, 4.69) is 10.4 Å². The second-order valence-corrected chi connectivity index (χ2v) is 7.22. The van der Waals surface area contributed by atoms with Crippen molar-refractivity contribution in [3.05, 3.63) is 79.9 Å². The van der Waals surface area contributed by atoms with Crippen molar-refractivity contribution in [3.63, 3.8) is 0 Å². The van der Waals surface area contributed by atoms with Crippen LogP contribution in [0.1, 0.15) is 27.0 Å². The normalized spacial score (nSPS) is 10.8. The molecule has 1 heterocycles. The lowest BCUT2D eigenvalue weighted by molar-refractivity contribution is 0.102. The van der Waals surface area contributed by atoms with Crippen molar-refractivity contribution in [3.8, 4) is 0 Å². The number of rotatable bonds is 4. The molecule has 1 N–H and O–H groups in total. The molecule has 0 fully saturated rings. The molecule has 0 aliphatic heterocycles. The number of aryl methyl sites for hydroxylation is 2. The second kappa shape index (κ2) is 7.70. The van der Waals surface area contributed by atoms with Crippen LogP contribution in [0.5, 0.6) is 0 Å². The molecule has 7 heteroatoms. The summed E-state index contributed by atoms with van der Waals surface area (Å²) in [5.74, 6) is 0.0326. The highest BCUT2D eigenvalue weighted by Gasteiger charge is 2.15. The molecule has 2 aromatic carbocycles. The average molecular weight is 409 g/mol. The van der Waals surface area contributed by atoms with Gasteiger partial charge in [0.1, 0.15) is 5.02 Å². The fourth-order valence-electron chi connectivity index (χ4n) is 2.65. The molecule has 3 rings (SSSR count). The van der Waals surface area contributed by atoms with E-state index in [0.717, 1.165) is 16.7 Å². The Morgan fingerprint density at radius 3 is 2.42 bits per heavy atom. The van der Waals surface area contributed by atoms with Crippen molar-refractivity contribution in [2.24, 2.45) is 0 Å². The molecule has 4 nitrogen and oxygen atoms in total. The van der Waals surface area contributed by atoms with E-state index < -0.39 is 0 Å². The van der Waals surface area contributed by atoms with Gasteiger partial charge >= 0.3 is 0 Å². The highest BCUT2D eigenvalue weighted by Crippen LogP contribution is 2.27. The minimum Gasteiger partial charge on any atom is -0.304 e. The zero-order valence-electron chi connectivity index (χ0n) is 14.2. The number of carbonyl (C=O) groups is 1. The smallest absolute Gasteiger partial charge is 0.257 e. The second-order valence-electron chi connectivity index (χ2n) is 6.00. The third-order valence-corrected chi connectivity index (χ3v) is 4.94. The minimum absolute atomic E-state index is 0.259. The van der Waals surface area contributed by atoms with E-state index in [4.69, 9.17) is 34.8 Å². The first-order chi connectivity index (χ1) is 12.3. The van der Waals surface area contributed by atoms with E-state index in [1.165, 1.54) is 0 Å². The van der Waals surface area contributed by atoms with Crippen LogP contribution < -0.4 is 5.32 Å². The van der Waals surface area contributed by atoms with E-state index in [-0.39, 0.29) is 5.91 Å². The van der Waals surface area contributed by atoms with Crippen LogP contribution >= 0.6 is 34.8 Å². The summed E-state index contributed by atoms with van der Waals surface area (Å²) in [6, 6.07) is 10.9. The Bertz CT molecular complexity index is 962. The van der Waals surface area contributed by atoms with Crippen LogP contribution in [-0.4, -0.2) is 15.7 Å². The van der Waals surface area contributed by atoms with Gasteiger partial charge in [-0.2, -0.15) is 5.10 Å². The lowest BCUT2D eigenvalue weighted by Gasteiger charge is -2.08. The highest BCUT2D eigenvalue weighted by atomic mass is 35.5. The maximum Gasteiger partial charge on any atom is 0.257 e. The summed E-state index contributed by atoms with van der Waals surface area (Å²) in [4.78, 5) is 12.5. The van der Waals surface area contributed by atoms with Gasteiger partial charge in [-0.3, -0.25) is 9.48 Å². The summed E-state index contributed by atoms with van der Waals surface area (Å²) in [6.45, 7) is 4.21. The average Bonchev–Trinajstić information content (AvgIpc) is 2.90. The van der Waals surface area contributed by atoms with E-state index in [0.29, 0.717) is 33.0 Å². The first-order valence-electron chi connectivity index (χ1n) is 7.89. The van der Waals surface area contributed by atoms with Crippen LogP contribution in [0.4, 0.5) is 5.82 Å². The number of benzene rings is 2. The topological polar surface area (TPSA) is 46.9 Å². The molecule has 0 saturated carbocycles. The fourth-order valence-corrected chi connectivity index (χ4v) is 3.37. The maximum absolute atomic E-state index is 12.5. The van der Waals surface area contributed by atoms with E-state index in [9.17, 15) is 4.79 Å². The Morgan fingerprint density at radius 1 is 1.08 bits per heavy atom. The molecular weight excluding hydrogens is 393 g/mol.